The zero-order valence-electron chi connectivity index (χ0n) is 31.2. The van der Waals surface area contributed by atoms with Gasteiger partial charge in [-0.15, -0.1) is 23.5 Å². The largest absolute Gasteiger partial charge is 0.298 e. The van der Waals surface area contributed by atoms with Crippen molar-refractivity contribution >= 4 is 117 Å². The molecule has 0 aromatic heterocycles. The fourth-order valence-corrected chi connectivity index (χ4v) is 18.7. The summed E-state index contributed by atoms with van der Waals surface area (Å²) in [5, 5.41) is 1.47. The molecule has 0 spiro atoms. The quantitative estimate of drug-likeness (QED) is 0.105. The highest BCUT2D eigenvalue weighted by Gasteiger charge is 2.38. The van der Waals surface area contributed by atoms with E-state index in [1.54, 1.807) is 23.5 Å². The Balaban J connectivity index is 3.49. The van der Waals surface area contributed by atoms with Crippen LogP contribution in [0.15, 0.2) is 0 Å². The summed E-state index contributed by atoms with van der Waals surface area (Å²) in [5.41, 5.74) is 0. The Bertz CT molecular complexity index is 953. The Kier molecular flexibility index (Phi) is 26.8. The summed E-state index contributed by atoms with van der Waals surface area (Å²) >= 11 is 14.9. The van der Waals surface area contributed by atoms with Gasteiger partial charge in [0.05, 0.1) is 21.0 Å². The Morgan fingerprint density at radius 2 is 1.00 bits per heavy atom. The molecular formula is C36H64O4S8. The zero-order chi connectivity index (χ0) is 36.2. The monoisotopic (exact) mass is 816 g/mol. The molecule has 0 amide bonds. The standard InChI is InChI=1S/C36H64O4S8/c1-11-25(37)31(41-17-7)19-44-29(15-5)35-23(9)43-21-33(27(39)13-3)47-24(10)36(48-34(22-46-35)28(40)14-4)30(16-6)45-20-32(42-18-8)26(38)12-2/h23-24,29-36H,11-22H2,1-10H3/t23-,24-,29+,30-,31?,32?,33?,34?,35+,36+/m1/s1. The third-order valence-corrected chi connectivity index (χ3v) is 21.9. The summed E-state index contributed by atoms with van der Waals surface area (Å²) in [6.07, 6.45) is 4.15. The molecule has 1 heterocycles. The number of thioether (sulfide) groups is 8. The lowest BCUT2D eigenvalue weighted by atomic mass is 10.2. The van der Waals surface area contributed by atoms with Crippen molar-refractivity contribution in [2.24, 2.45) is 0 Å². The van der Waals surface area contributed by atoms with Crippen LogP contribution >= 0.6 is 94.1 Å². The van der Waals surface area contributed by atoms with Gasteiger partial charge >= 0.3 is 0 Å². The molecule has 48 heavy (non-hydrogen) atoms. The van der Waals surface area contributed by atoms with Gasteiger partial charge in [0.1, 0.15) is 23.1 Å². The van der Waals surface area contributed by atoms with E-state index >= 15 is 0 Å². The molecule has 0 aromatic rings. The van der Waals surface area contributed by atoms with Gasteiger partial charge in [-0.3, -0.25) is 19.2 Å². The molecule has 1 aliphatic heterocycles. The molecule has 0 aromatic carbocycles. The average Bonchev–Trinajstić information content (AvgIpc) is 3.09. The van der Waals surface area contributed by atoms with Crippen LogP contribution in [0.1, 0.15) is 108 Å². The molecule has 0 saturated carbocycles. The Morgan fingerprint density at radius 1 is 0.562 bits per heavy atom. The molecule has 280 valence electrons. The highest BCUT2D eigenvalue weighted by molar-refractivity contribution is 8.10. The Hall–Kier alpha value is 1.48. The third kappa shape index (κ3) is 16.2. The summed E-state index contributed by atoms with van der Waals surface area (Å²) < 4.78 is 0. The maximum atomic E-state index is 13.7. The number of carbonyl (C=O) groups is 4. The van der Waals surface area contributed by atoms with Gasteiger partial charge in [0.25, 0.3) is 0 Å². The average molecular weight is 817 g/mol. The fraction of sp³-hybridized carbons (Fsp3) is 0.889. The lowest BCUT2D eigenvalue weighted by molar-refractivity contribution is -0.118. The van der Waals surface area contributed by atoms with Gasteiger partial charge in [-0.25, -0.2) is 0 Å². The van der Waals surface area contributed by atoms with Crippen LogP contribution in [0.3, 0.4) is 0 Å². The molecule has 12 heteroatoms. The first-order chi connectivity index (χ1) is 23.0. The van der Waals surface area contributed by atoms with Crippen molar-refractivity contribution in [1.29, 1.82) is 0 Å². The number of rotatable bonds is 22. The molecule has 1 fully saturated rings. The summed E-state index contributed by atoms with van der Waals surface area (Å²) in [6.45, 7) is 21.2. The van der Waals surface area contributed by atoms with Gasteiger partial charge < -0.3 is 0 Å². The second kappa shape index (κ2) is 27.1. The second-order valence-corrected chi connectivity index (χ2v) is 23.1. The number of hydrogen-bond acceptors (Lipinski definition) is 12. The number of hydrogen-bond donors (Lipinski definition) is 0. The molecule has 10 atom stereocenters. The van der Waals surface area contributed by atoms with Gasteiger partial charge in [-0.1, -0.05) is 69.2 Å². The normalized spacial score (nSPS) is 26.8. The molecule has 4 unspecified atom stereocenters. The topological polar surface area (TPSA) is 68.3 Å². The van der Waals surface area contributed by atoms with Gasteiger partial charge in [0.15, 0.2) is 0 Å². The fourth-order valence-electron chi connectivity index (χ4n) is 5.61. The first kappa shape index (κ1) is 47.5. The van der Waals surface area contributed by atoms with Crippen LogP contribution in [-0.4, -0.2) is 110 Å². The van der Waals surface area contributed by atoms with Crippen LogP contribution in [0.25, 0.3) is 0 Å². The SMILES string of the molecule is CCSC(CS[C@@H](CC)[C@H]1SCC(C(=O)CC)S[C@H]([C@@H](CC)SCC(SCC)C(=O)CC)[C@@H](C)SC(C(=O)CC)CS[C@@H]1C)C(=O)CC. The molecule has 1 saturated heterocycles. The molecular weight excluding hydrogens is 753 g/mol. The van der Waals surface area contributed by atoms with E-state index in [1.807, 2.05) is 98.3 Å². The van der Waals surface area contributed by atoms with E-state index in [0.29, 0.717) is 64.6 Å². The third-order valence-electron chi connectivity index (χ3n) is 8.60. The van der Waals surface area contributed by atoms with Crippen molar-refractivity contribution in [2.45, 2.75) is 160 Å². The van der Waals surface area contributed by atoms with Gasteiger partial charge in [-0.05, 0) is 24.3 Å². The maximum Gasteiger partial charge on any atom is 0.146 e. The Labute approximate surface area is 328 Å². The highest BCUT2D eigenvalue weighted by Crippen LogP contribution is 2.44. The smallest absolute Gasteiger partial charge is 0.146 e. The predicted octanol–water partition coefficient (Wildman–Crippen LogP) is 10.4. The minimum Gasteiger partial charge on any atom is -0.298 e. The molecule has 0 radical (unpaired) electrons. The summed E-state index contributed by atoms with van der Waals surface area (Å²) in [5.74, 6) is 6.32. The molecule has 0 N–H and O–H groups in total. The van der Waals surface area contributed by atoms with Crippen LogP contribution in [0.5, 0.6) is 0 Å². The van der Waals surface area contributed by atoms with Crippen LogP contribution in [-0.2, 0) is 19.2 Å². The van der Waals surface area contributed by atoms with Crippen LogP contribution < -0.4 is 0 Å². The van der Waals surface area contributed by atoms with Crippen molar-refractivity contribution in [1.82, 2.24) is 0 Å². The molecule has 1 aliphatic rings. The number of ketones is 4. The van der Waals surface area contributed by atoms with E-state index in [0.717, 1.165) is 47.4 Å². The Morgan fingerprint density at radius 3 is 1.42 bits per heavy atom. The van der Waals surface area contributed by atoms with Crippen LogP contribution in [0.4, 0.5) is 0 Å². The summed E-state index contributed by atoms with van der Waals surface area (Å²) in [7, 11) is 0. The molecule has 1 rings (SSSR count). The van der Waals surface area contributed by atoms with Crippen molar-refractivity contribution in [3.05, 3.63) is 0 Å². The van der Waals surface area contributed by atoms with E-state index < -0.39 is 0 Å². The van der Waals surface area contributed by atoms with Crippen molar-refractivity contribution < 1.29 is 19.2 Å². The molecule has 0 bridgehead atoms. The summed E-state index contributed by atoms with van der Waals surface area (Å²) in [6, 6.07) is 0. The second-order valence-electron chi connectivity index (χ2n) is 12.0. The molecule has 0 aliphatic carbocycles. The van der Waals surface area contributed by atoms with Gasteiger partial charge in [0.2, 0.25) is 0 Å². The molecule has 4 nitrogen and oxygen atoms in total. The van der Waals surface area contributed by atoms with Crippen molar-refractivity contribution in [3.63, 3.8) is 0 Å². The van der Waals surface area contributed by atoms with Gasteiger partial charge in [-0.2, -0.15) is 70.6 Å². The highest BCUT2D eigenvalue weighted by atomic mass is 32.2. The summed E-state index contributed by atoms with van der Waals surface area (Å²) in [4.78, 5) is 52.6. The minimum absolute atomic E-state index is 0.00126. The first-order valence-corrected chi connectivity index (χ1v) is 26.2. The van der Waals surface area contributed by atoms with Gasteiger partial charge in [0, 0.05) is 80.2 Å². The van der Waals surface area contributed by atoms with E-state index in [9.17, 15) is 19.2 Å². The van der Waals surface area contributed by atoms with E-state index in [-0.39, 0.29) is 36.7 Å². The number of carbonyl (C=O) groups excluding carboxylic acids is 4. The maximum absolute atomic E-state index is 13.7. The lowest BCUT2D eigenvalue weighted by Gasteiger charge is -2.37. The first-order valence-electron chi connectivity index (χ1n) is 18.1. The predicted molar refractivity (Wildman–Crippen MR) is 232 cm³/mol. The van der Waals surface area contributed by atoms with Crippen LogP contribution in [0, 0.1) is 0 Å². The van der Waals surface area contributed by atoms with E-state index in [2.05, 4.69) is 41.5 Å². The van der Waals surface area contributed by atoms with Crippen LogP contribution in [0.2, 0.25) is 0 Å². The van der Waals surface area contributed by atoms with Crippen molar-refractivity contribution in [2.75, 3.05) is 34.5 Å². The minimum atomic E-state index is -0.118. The zero-order valence-corrected chi connectivity index (χ0v) is 37.7. The van der Waals surface area contributed by atoms with Crippen molar-refractivity contribution in [3.8, 4) is 0 Å². The lowest BCUT2D eigenvalue weighted by Crippen LogP contribution is -2.39. The van der Waals surface area contributed by atoms with E-state index in [1.165, 1.54) is 0 Å². The van der Waals surface area contributed by atoms with E-state index in [4.69, 9.17) is 0 Å². The number of Topliss-reactive ketones (excluding diaryl/α,β-unsaturated/α-hetero) is 4.